The fourth-order valence-electron chi connectivity index (χ4n) is 4.34. The Bertz CT molecular complexity index is 874. The zero-order valence-electron chi connectivity index (χ0n) is 17.5. The van der Waals surface area contributed by atoms with E-state index in [2.05, 4.69) is 22.3 Å². The minimum atomic E-state index is -0.0907. The number of hydrogen-bond acceptors (Lipinski definition) is 4. The van der Waals surface area contributed by atoms with Crippen LogP contribution in [0.25, 0.3) is 0 Å². The van der Waals surface area contributed by atoms with Crippen molar-refractivity contribution in [3.05, 3.63) is 59.7 Å². The average Bonchev–Trinajstić information content (AvgIpc) is 3.46. The van der Waals surface area contributed by atoms with E-state index in [1.807, 2.05) is 24.3 Å². The fourth-order valence-corrected chi connectivity index (χ4v) is 4.34. The topological polar surface area (TPSA) is 61.9 Å². The van der Waals surface area contributed by atoms with Crippen molar-refractivity contribution in [1.82, 2.24) is 10.2 Å². The first kappa shape index (κ1) is 20.4. The number of anilines is 1. The molecular formula is C24H29N3O3. The molecule has 0 spiro atoms. The average molecular weight is 408 g/mol. The van der Waals surface area contributed by atoms with E-state index in [1.165, 1.54) is 18.4 Å². The van der Waals surface area contributed by atoms with Crippen molar-refractivity contribution < 1.29 is 14.3 Å². The molecule has 0 aliphatic carbocycles. The molecule has 6 nitrogen and oxygen atoms in total. The minimum absolute atomic E-state index is 0.0907. The van der Waals surface area contributed by atoms with E-state index < -0.39 is 0 Å². The van der Waals surface area contributed by atoms with Crippen LogP contribution in [-0.2, 0) is 4.79 Å². The van der Waals surface area contributed by atoms with E-state index in [0.717, 1.165) is 37.5 Å². The molecule has 2 aromatic carbocycles. The second-order valence-electron chi connectivity index (χ2n) is 7.94. The van der Waals surface area contributed by atoms with Gasteiger partial charge >= 0.3 is 0 Å². The zero-order chi connectivity index (χ0) is 20.9. The second kappa shape index (κ2) is 9.30. The Morgan fingerprint density at radius 2 is 1.70 bits per heavy atom. The SMILES string of the molecule is COc1ccc([C@@H](CNC(=O)c2ccc(N3CCCC3=O)cc2)N2CCCC2)cc1. The van der Waals surface area contributed by atoms with Gasteiger partial charge in [-0.05, 0) is 74.3 Å². The van der Waals surface area contributed by atoms with E-state index in [1.54, 1.807) is 24.1 Å². The highest BCUT2D eigenvalue weighted by atomic mass is 16.5. The highest BCUT2D eigenvalue weighted by molar-refractivity contribution is 5.97. The molecule has 2 saturated heterocycles. The van der Waals surface area contributed by atoms with Gasteiger partial charge in [0.15, 0.2) is 0 Å². The Hall–Kier alpha value is -2.86. The number of nitrogens with zero attached hydrogens (tertiary/aromatic N) is 2. The highest BCUT2D eigenvalue weighted by Gasteiger charge is 2.25. The third kappa shape index (κ3) is 4.49. The summed E-state index contributed by atoms with van der Waals surface area (Å²) in [5.41, 5.74) is 2.66. The number of benzene rings is 2. The molecule has 2 aliphatic rings. The van der Waals surface area contributed by atoms with Crippen molar-refractivity contribution in [2.24, 2.45) is 0 Å². The van der Waals surface area contributed by atoms with Gasteiger partial charge in [-0.15, -0.1) is 0 Å². The van der Waals surface area contributed by atoms with Crippen LogP contribution < -0.4 is 15.0 Å². The van der Waals surface area contributed by atoms with Crippen LogP contribution in [0.4, 0.5) is 5.69 Å². The van der Waals surface area contributed by atoms with Gasteiger partial charge in [0.1, 0.15) is 5.75 Å². The van der Waals surface area contributed by atoms with Gasteiger partial charge in [0, 0.05) is 30.8 Å². The molecule has 2 amide bonds. The zero-order valence-corrected chi connectivity index (χ0v) is 17.5. The van der Waals surface area contributed by atoms with E-state index in [-0.39, 0.29) is 17.9 Å². The first-order chi connectivity index (χ1) is 14.7. The van der Waals surface area contributed by atoms with Gasteiger partial charge in [-0.2, -0.15) is 0 Å². The lowest BCUT2D eigenvalue weighted by Gasteiger charge is -2.28. The van der Waals surface area contributed by atoms with Gasteiger partial charge in [-0.3, -0.25) is 14.5 Å². The molecule has 0 aromatic heterocycles. The van der Waals surface area contributed by atoms with Crippen LogP contribution in [0.3, 0.4) is 0 Å². The molecule has 2 fully saturated rings. The first-order valence-electron chi connectivity index (χ1n) is 10.7. The smallest absolute Gasteiger partial charge is 0.251 e. The molecule has 0 saturated carbocycles. The minimum Gasteiger partial charge on any atom is -0.497 e. The standard InChI is InChI=1S/C24H29N3O3/c1-30-21-12-8-18(9-13-21)22(26-14-2-3-15-26)17-25-24(29)19-6-10-20(11-7-19)27-16-4-5-23(27)28/h6-13,22H,2-5,14-17H2,1H3,(H,25,29)/t22-/m1/s1. The van der Waals surface area contributed by atoms with Crippen molar-refractivity contribution in [1.29, 1.82) is 0 Å². The van der Waals surface area contributed by atoms with Crippen molar-refractivity contribution in [3.63, 3.8) is 0 Å². The molecule has 2 aliphatic heterocycles. The highest BCUT2D eigenvalue weighted by Crippen LogP contribution is 2.26. The third-order valence-corrected chi connectivity index (χ3v) is 6.05. The largest absolute Gasteiger partial charge is 0.497 e. The number of ether oxygens (including phenoxy) is 1. The van der Waals surface area contributed by atoms with Crippen LogP contribution in [0.5, 0.6) is 5.75 Å². The van der Waals surface area contributed by atoms with Crippen LogP contribution in [0.1, 0.15) is 47.6 Å². The molecule has 30 heavy (non-hydrogen) atoms. The van der Waals surface area contributed by atoms with Gasteiger partial charge in [0.2, 0.25) is 5.91 Å². The molecule has 2 heterocycles. The second-order valence-corrected chi connectivity index (χ2v) is 7.94. The molecule has 2 aromatic rings. The Morgan fingerprint density at radius 1 is 1.00 bits per heavy atom. The van der Waals surface area contributed by atoms with Crippen molar-refractivity contribution >= 4 is 17.5 Å². The summed E-state index contributed by atoms with van der Waals surface area (Å²) < 4.78 is 5.28. The summed E-state index contributed by atoms with van der Waals surface area (Å²) in [6.07, 6.45) is 3.88. The van der Waals surface area contributed by atoms with Crippen molar-refractivity contribution in [2.45, 2.75) is 31.7 Å². The van der Waals surface area contributed by atoms with Crippen molar-refractivity contribution in [2.75, 3.05) is 38.2 Å². The van der Waals surface area contributed by atoms with Crippen LogP contribution in [0.15, 0.2) is 48.5 Å². The lowest BCUT2D eigenvalue weighted by atomic mass is 10.0. The number of amides is 2. The summed E-state index contributed by atoms with van der Waals surface area (Å²) >= 11 is 0. The summed E-state index contributed by atoms with van der Waals surface area (Å²) in [6, 6.07) is 15.6. The third-order valence-electron chi connectivity index (χ3n) is 6.05. The molecule has 0 radical (unpaired) electrons. The van der Waals surface area contributed by atoms with Gasteiger partial charge < -0.3 is 15.0 Å². The number of hydrogen-bond donors (Lipinski definition) is 1. The van der Waals surface area contributed by atoms with Crippen LogP contribution in [0.2, 0.25) is 0 Å². The predicted molar refractivity (Wildman–Crippen MR) is 117 cm³/mol. The van der Waals surface area contributed by atoms with E-state index >= 15 is 0 Å². The quantitative estimate of drug-likeness (QED) is 0.764. The normalized spacial score (nSPS) is 17.9. The van der Waals surface area contributed by atoms with E-state index in [4.69, 9.17) is 4.74 Å². The van der Waals surface area contributed by atoms with E-state index in [9.17, 15) is 9.59 Å². The number of methoxy groups -OCH3 is 1. The Morgan fingerprint density at radius 3 is 2.30 bits per heavy atom. The Kier molecular flexibility index (Phi) is 6.33. The summed E-state index contributed by atoms with van der Waals surface area (Å²) in [7, 11) is 1.66. The number of carbonyl (C=O) groups excluding carboxylic acids is 2. The Labute approximate surface area is 177 Å². The van der Waals surface area contributed by atoms with Crippen LogP contribution >= 0.6 is 0 Å². The molecule has 6 heteroatoms. The number of likely N-dealkylation sites (tertiary alicyclic amines) is 1. The lowest BCUT2D eigenvalue weighted by Crippen LogP contribution is -2.36. The summed E-state index contributed by atoms with van der Waals surface area (Å²) in [4.78, 5) is 28.9. The molecular weight excluding hydrogens is 378 g/mol. The van der Waals surface area contributed by atoms with Gasteiger partial charge in [-0.25, -0.2) is 0 Å². The van der Waals surface area contributed by atoms with Crippen molar-refractivity contribution in [3.8, 4) is 5.75 Å². The summed E-state index contributed by atoms with van der Waals surface area (Å²) in [5.74, 6) is 0.895. The molecule has 1 N–H and O–H groups in total. The molecule has 158 valence electrons. The van der Waals surface area contributed by atoms with Gasteiger partial charge in [-0.1, -0.05) is 12.1 Å². The number of carbonyl (C=O) groups is 2. The summed E-state index contributed by atoms with van der Waals surface area (Å²) in [5, 5.41) is 3.11. The lowest BCUT2D eigenvalue weighted by molar-refractivity contribution is -0.117. The molecule has 1 atom stereocenters. The molecule has 4 rings (SSSR count). The molecule has 0 unspecified atom stereocenters. The maximum Gasteiger partial charge on any atom is 0.251 e. The summed E-state index contributed by atoms with van der Waals surface area (Å²) in [6.45, 7) is 3.40. The maximum absolute atomic E-state index is 12.8. The van der Waals surface area contributed by atoms with Gasteiger partial charge in [0.25, 0.3) is 5.91 Å². The maximum atomic E-state index is 12.8. The first-order valence-corrected chi connectivity index (χ1v) is 10.7. The van der Waals surface area contributed by atoms with Crippen LogP contribution in [0, 0.1) is 0 Å². The van der Waals surface area contributed by atoms with Crippen LogP contribution in [-0.4, -0.2) is 50.0 Å². The fraction of sp³-hybridized carbons (Fsp3) is 0.417. The van der Waals surface area contributed by atoms with E-state index in [0.29, 0.717) is 18.5 Å². The monoisotopic (exact) mass is 407 g/mol. The van der Waals surface area contributed by atoms with Gasteiger partial charge in [0.05, 0.1) is 13.2 Å². The predicted octanol–water partition coefficient (Wildman–Crippen LogP) is 3.39. The molecule has 0 bridgehead atoms. The number of rotatable bonds is 7. The number of nitrogens with one attached hydrogen (secondary N) is 1. The Balaban J connectivity index is 1.42.